The van der Waals surface area contributed by atoms with E-state index in [-0.39, 0.29) is 30.2 Å². The number of nitrogens with zero attached hydrogens (tertiary/aromatic N) is 2. The molecule has 0 amide bonds. The topological polar surface area (TPSA) is 107 Å². The monoisotopic (exact) mass is 412 g/mol. The summed E-state index contributed by atoms with van der Waals surface area (Å²) in [7, 11) is 0. The van der Waals surface area contributed by atoms with E-state index < -0.39 is 17.4 Å². The van der Waals surface area contributed by atoms with E-state index in [4.69, 9.17) is 0 Å². The third-order valence-corrected chi connectivity index (χ3v) is 8.17. The molecule has 1 aromatic carbocycles. The summed E-state index contributed by atoms with van der Waals surface area (Å²) in [6.07, 6.45) is 5.63. The lowest BCUT2D eigenvalue weighted by Gasteiger charge is -2.56. The van der Waals surface area contributed by atoms with Crippen LogP contribution < -0.4 is 0 Å². The number of likely N-dealkylation sites (tertiary alicyclic amines) is 1. The molecule has 1 spiro atoms. The predicted octanol–water partition coefficient (Wildman–Crippen LogP) is 3.71. The summed E-state index contributed by atoms with van der Waals surface area (Å²) in [6.45, 7) is 2.04. The van der Waals surface area contributed by atoms with Gasteiger partial charge in [0, 0.05) is 36.4 Å². The minimum absolute atomic E-state index is 0.0700. The molecule has 4 atom stereocenters. The fraction of sp³-hybridized carbons (Fsp3) is 0.652. The fourth-order valence-electron chi connectivity index (χ4n) is 7.18. The molecular weight excluding hydrogens is 384 g/mol. The van der Waals surface area contributed by atoms with E-state index in [9.17, 15) is 24.7 Å². The number of fused-ring (bicyclic) bond motifs is 3. The van der Waals surface area contributed by atoms with E-state index in [0.717, 1.165) is 37.4 Å². The van der Waals surface area contributed by atoms with Crippen molar-refractivity contribution in [2.75, 3.05) is 13.1 Å². The van der Waals surface area contributed by atoms with Crippen LogP contribution in [0, 0.1) is 22.2 Å². The smallest absolute Gasteiger partial charge is 0.303 e. The maximum absolute atomic E-state index is 11.9. The Hall–Kier alpha value is -2.28. The third-order valence-electron chi connectivity index (χ3n) is 8.17. The number of benzene rings is 1. The first-order chi connectivity index (χ1) is 14.4. The minimum Gasteiger partial charge on any atom is -0.481 e. The van der Waals surface area contributed by atoms with Crippen LogP contribution in [0.5, 0.6) is 0 Å². The summed E-state index contributed by atoms with van der Waals surface area (Å²) in [5.41, 5.74) is 2.27. The molecule has 2 N–H and O–H groups in total. The van der Waals surface area contributed by atoms with Gasteiger partial charge in [0.25, 0.3) is 0 Å². The number of carboxylic acids is 2. The lowest BCUT2D eigenvalue weighted by atomic mass is 9.61. The minimum atomic E-state index is -0.827. The molecule has 3 fully saturated rings. The average molecular weight is 412 g/mol. The van der Waals surface area contributed by atoms with Crippen molar-refractivity contribution in [3.05, 3.63) is 34.2 Å². The summed E-state index contributed by atoms with van der Waals surface area (Å²) >= 11 is 0. The van der Waals surface area contributed by atoms with Crippen molar-refractivity contribution in [3.8, 4) is 0 Å². The highest BCUT2D eigenvalue weighted by atomic mass is 16.4. The Bertz CT molecular complexity index is 913. The molecule has 3 aliphatic carbocycles. The largest absolute Gasteiger partial charge is 0.481 e. The molecule has 1 aliphatic heterocycles. The summed E-state index contributed by atoms with van der Waals surface area (Å²) in [6, 6.07) is 5.81. The quantitative estimate of drug-likeness (QED) is 0.599. The number of rotatable bonds is 9. The van der Waals surface area contributed by atoms with Crippen molar-refractivity contribution in [2.45, 2.75) is 62.8 Å². The van der Waals surface area contributed by atoms with Gasteiger partial charge in [-0.2, -0.15) is 0 Å². The molecule has 2 bridgehead atoms. The van der Waals surface area contributed by atoms with Crippen LogP contribution in [0.25, 0.3) is 0 Å². The Morgan fingerprint density at radius 1 is 1.20 bits per heavy atom. The summed E-state index contributed by atoms with van der Waals surface area (Å²) in [4.78, 5) is 36.9. The van der Waals surface area contributed by atoms with Crippen LogP contribution in [0.15, 0.2) is 23.4 Å². The molecule has 1 saturated heterocycles. The molecule has 7 nitrogen and oxygen atoms in total. The van der Waals surface area contributed by atoms with Gasteiger partial charge in [0.2, 0.25) is 0 Å². The van der Waals surface area contributed by atoms with Crippen LogP contribution in [0.2, 0.25) is 0 Å². The Labute approximate surface area is 175 Å². The van der Waals surface area contributed by atoms with Gasteiger partial charge in [-0.1, -0.05) is 6.07 Å². The Kier molecular flexibility index (Phi) is 4.51. The van der Waals surface area contributed by atoms with Gasteiger partial charge in [0.05, 0.1) is 6.42 Å². The highest BCUT2D eigenvalue weighted by molar-refractivity contribution is 5.69. The summed E-state index contributed by atoms with van der Waals surface area (Å²) < 4.78 is 0. The fourth-order valence-corrected chi connectivity index (χ4v) is 7.18. The van der Waals surface area contributed by atoms with Gasteiger partial charge < -0.3 is 10.2 Å². The first kappa shape index (κ1) is 19.7. The molecule has 0 radical (unpaired) electrons. The first-order valence-electron chi connectivity index (χ1n) is 11.0. The molecule has 1 aromatic rings. The number of aliphatic carboxylic acids is 2. The highest BCUT2D eigenvalue weighted by Crippen LogP contribution is 2.68. The van der Waals surface area contributed by atoms with Crippen LogP contribution in [-0.4, -0.2) is 46.2 Å². The van der Waals surface area contributed by atoms with Crippen molar-refractivity contribution in [3.63, 3.8) is 0 Å². The second kappa shape index (κ2) is 6.87. The third kappa shape index (κ3) is 2.97. The zero-order valence-corrected chi connectivity index (χ0v) is 17.0. The van der Waals surface area contributed by atoms with E-state index in [1.54, 1.807) is 6.07 Å². The van der Waals surface area contributed by atoms with Crippen LogP contribution in [0.1, 0.15) is 56.1 Å². The van der Waals surface area contributed by atoms with Crippen molar-refractivity contribution in [2.24, 2.45) is 22.4 Å². The maximum Gasteiger partial charge on any atom is 0.303 e. The normalized spacial score (nSPS) is 34.0. The molecule has 7 heteroatoms. The van der Waals surface area contributed by atoms with E-state index in [1.807, 2.05) is 12.1 Å². The Morgan fingerprint density at radius 2 is 2.00 bits per heavy atom. The maximum atomic E-state index is 11.9. The Morgan fingerprint density at radius 3 is 2.67 bits per heavy atom. The molecular formula is C23H28N2O5. The van der Waals surface area contributed by atoms with E-state index in [0.29, 0.717) is 18.5 Å². The standard InChI is InChI=1S/C23H28N2O5/c26-19(27)2-1-7-23-12-22(10-15-5-6-16(24-30)8-17(15)23)13-25(11-14-3-4-14)21(22)18(23)9-20(28)29/h5-6,8,14,18,21H,1-4,7,9-13H2,(H,26,27)(H,28,29)/t18-,21-,22?,23-/m0/s1. The van der Waals surface area contributed by atoms with E-state index in [1.165, 1.54) is 18.4 Å². The van der Waals surface area contributed by atoms with Gasteiger partial charge in [-0.15, -0.1) is 4.91 Å². The van der Waals surface area contributed by atoms with Crippen LogP contribution in [0.3, 0.4) is 0 Å². The van der Waals surface area contributed by atoms with Gasteiger partial charge >= 0.3 is 11.9 Å². The number of nitroso groups, excluding NO2 is 1. The Balaban J connectivity index is 1.58. The second-order valence-electron chi connectivity index (χ2n) is 10.1. The van der Waals surface area contributed by atoms with Crippen LogP contribution in [-0.2, 0) is 21.4 Å². The molecule has 1 unspecified atom stereocenters. The molecule has 160 valence electrons. The van der Waals surface area contributed by atoms with E-state index in [2.05, 4.69) is 10.1 Å². The van der Waals surface area contributed by atoms with Gasteiger partial charge in [0.1, 0.15) is 5.69 Å². The highest BCUT2D eigenvalue weighted by Gasteiger charge is 2.70. The zero-order valence-electron chi connectivity index (χ0n) is 17.0. The summed E-state index contributed by atoms with van der Waals surface area (Å²) in [5.74, 6) is -0.958. The lowest BCUT2D eigenvalue weighted by Crippen LogP contribution is -2.65. The molecule has 2 saturated carbocycles. The van der Waals surface area contributed by atoms with Crippen LogP contribution >= 0.6 is 0 Å². The van der Waals surface area contributed by atoms with Crippen LogP contribution in [0.4, 0.5) is 5.69 Å². The van der Waals surface area contributed by atoms with Crippen molar-refractivity contribution < 1.29 is 19.8 Å². The molecule has 1 heterocycles. The molecule has 4 aliphatic rings. The van der Waals surface area contributed by atoms with Crippen molar-refractivity contribution in [1.82, 2.24) is 4.90 Å². The van der Waals surface area contributed by atoms with Gasteiger partial charge in [-0.05, 0) is 78.8 Å². The first-order valence-corrected chi connectivity index (χ1v) is 11.0. The molecule has 5 rings (SSSR count). The second-order valence-corrected chi connectivity index (χ2v) is 10.1. The van der Waals surface area contributed by atoms with Gasteiger partial charge in [-0.25, -0.2) is 0 Å². The van der Waals surface area contributed by atoms with Crippen molar-refractivity contribution in [1.29, 1.82) is 0 Å². The predicted molar refractivity (Wildman–Crippen MR) is 110 cm³/mol. The average Bonchev–Trinajstić information content (AvgIpc) is 3.47. The number of carbonyl (C=O) groups is 2. The SMILES string of the molecule is O=Nc1ccc2c(c1)[C@]1(CCCC(=O)O)CC3(C2)CN(CC2CC2)[C@H]3[C@@H]1CC(=O)O. The van der Waals surface area contributed by atoms with Gasteiger partial charge in [-0.3, -0.25) is 14.5 Å². The van der Waals surface area contributed by atoms with Crippen molar-refractivity contribution >= 4 is 17.6 Å². The number of hydrogen-bond donors (Lipinski definition) is 2. The number of hydrogen-bond acceptors (Lipinski definition) is 5. The van der Waals surface area contributed by atoms with E-state index >= 15 is 0 Å². The molecule has 0 aromatic heterocycles. The summed E-state index contributed by atoms with van der Waals surface area (Å²) in [5, 5.41) is 22.1. The lowest BCUT2D eigenvalue weighted by molar-refractivity contribution is -0.141. The number of carboxylic acid groups (broad SMARTS) is 2. The molecule has 30 heavy (non-hydrogen) atoms. The zero-order chi connectivity index (χ0) is 21.1. The van der Waals surface area contributed by atoms with Gasteiger partial charge in [0.15, 0.2) is 0 Å².